The molecular weight excluding hydrogens is 420 g/mol. The summed E-state index contributed by atoms with van der Waals surface area (Å²) in [4.78, 5) is 30.6. The number of rotatable bonds is 11. The third kappa shape index (κ3) is 5.26. The predicted octanol–water partition coefficient (Wildman–Crippen LogP) is 3.19. The van der Waals surface area contributed by atoms with Crippen LogP contribution in [0.2, 0.25) is 0 Å². The molecule has 3 rings (SSSR count). The molecule has 0 aliphatic carbocycles. The number of nitrogens with zero attached hydrogens (tertiary/aromatic N) is 2. The highest BCUT2D eigenvalue weighted by Crippen LogP contribution is 2.34. The molecule has 33 heavy (non-hydrogen) atoms. The number of imide groups is 1. The van der Waals surface area contributed by atoms with Gasteiger partial charge in [0.25, 0.3) is 11.8 Å². The Hall–Kier alpha value is -3.16. The van der Waals surface area contributed by atoms with E-state index in [2.05, 4.69) is 0 Å². The number of methoxy groups -OCH3 is 3. The monoisotopic (exact) mass is 452 g/mol. The molecule has 1 aliphatic rings. The number of benzene rings is 2. The average Bonchev–Trinajstić information content (AvgIpc) is 3.06. The summed E-state index contributed by atoms with van der Waals surface area (Å²) in [6, 6.07) is 13.3. The summed E-state index contributed by atoms with van der Waals surface area (Å²) >= 11 is 0. The van der Waals surface area contributed by atoms with Gasteiger partial charge < -0.3 is 19.1 Å². The zero-order chi connectivity index (χ0) is 24.0. The maximum atomic E-state index is 13.7. The molecule has 0 aromatic heterocycles. The van der Waals surface area contributed by atoms with Gasteiger partial charge in [-0.25, -0.2) is 0 Å². The van der Waals surface area contributed by atoms with Crippen molar-refractivity contribution in [2.45, 2.75) is 20.4 Å². The fourth-order valence-corrected chi connectivity index (χ4v) is 3.90. The Balaban J connectivity index is 2.08. The molecule has 2 amide bonds. The zero-order valence-corrected chi connectivity index (χ0v) is 20.0. The van der Waals surface area contributed by atoms with Gasteiger partial charge >= 0.3 is 0 Å². The Morgan fingerprint density at radius 2 is 1.52 bits per heavy atom. The van der Waals surface area contributed by atoms with Gasteiger partial charge in [0, 0.05) is 32.9 Å². The second-order valence-corrected chi connectivity index (χ2v) is 8.00. The molecule has 0 unspecified atom stereocenters. The van der Waals surface area contributed by atoms with Crippen LogP contribution >= 0.6 is 0 Å². The highest BCUT2D eigenvalue weighted by atomic mass is 16.5. The summed E-state index contributed by atoms with van der Waals surface area (Å²) in [6.07, 6.45) is 0. The normalized spacial score (nSPS) is 13.8. The van der Waals surface area contributed by atoms with E-state index in [0.717, 1.165) is 22.3 Å². The quantitative estimate of drug-likeness (QED) is 0.488. The van der Waals surface area contributed by atoms with Gasteiger partial charge in [0.2, 0.25) is 0 Å². The number of para-hydroxylation sites is 1. The van der Waals surface area contributed by atoms with Crippen molar-refractivity contribution < 1.29 is 23.8 Å². The lowest BCUT2D eigenvalue weighted by atomic mass is 9.99. The van der Waals surface area contributed by atoms with Crippen LogP contribution in [0, 0.1) is 13.8 Å². The SMILES string of the molecule is COCCN(CCOC)C1=C(c2ccc(C)c(C)c2)C(=O)N(Cc2ccccc2OC)C1=O. The Kier molecular flexibility index (Phi) is 8.25. The number of amides is 2. The van der Waals surface area contributed by atoms with E-state index in [0.29, 0.717) is 43.3 Å². The minimum absolute atomic E-state index is 0.127. The van der Waals surface area contributed by atoms with Crippen molar-refractivity contribution in [2.24, 2.45) is 0 Å². The number of aryl methyl sites for hydroxylation is 2. The molecule has 0 saturated heterocycles. The van der Waals surface area contributed by atoms with Gasteiger partial charge in [0.05, 0.1) is 32.4 Å². The van der Waals surface area contributed by atoms with Crippen molar-refractivity contribution >= 4 is 17.4 Å². The highest BCUT2D eigenvalue weighted by molar-refractivity contribution is 6.35. The van der Waals surface area contributed by atoms with E-state index in [4.69, 9.17) is 14.2 Å². The molecule has 0 atom stereocenters. The van der Waals surface area contributed by atoms with Crippen LogP contribution in [0.25, 0.3) is 5.57 Å². The van der Waals surface area contributed by atoms with Crippen LogP contribution in [0.5, 0.6) is 5.75 Å². The number of hydrogen-bond donors (Lipinski definition) is 0. The lowest BCUT2D eigenvalue weighted by Gasteiger charge is -2.26. The van der Waals surface area contributed by atoms with Gasteiger partial charge in [-0.2, -0.15) is 0 Å². The molecule has 176 valence electrons. The number of carbonyl (C=O) groups excluding carboxylic acids is 2. The first kappa shape index (κ1) is 24.5. The lowest BCUT2D eigenvalue weighted by Crippen LogP contribution is -2.37. The topological polar surface area (TPSA) is 68.3 Å². The van der Waals surface area contributed by atoms with Gasteiger partial charge in [-0.3, -0.25) is 14.5 Å². The van der Waals surface area contributed by atoms with Crippen molar-refractivity contribution in [3.8, 4) is 5.75 Å². The zero-order valence-electron chi connectivity index (χ0n) is 20.0. The van der Waals surface area contributed by atoms with Crippen LogP contribution in [-0.4, -0.2) is 69.2 Å². The molecule has 0 fully saturated rings. The Morgan fingerprint density at radius 3 is 2.12 bits per heavy atom. The van der Waals surface area contributed by atoms with Crippen LogP contribution in [0.3, 0.4) is 0 Å². The first-order valence-electron chi connectivity index (χ1n) is 11.0. The van der Waals surface area contributed by atoms with E-state index < -0.39 is 0 Å². The molecule has 0 N–H and O–H groups in total. The number of hydrogen-bond acceptors (Lipinski definition) is 6. The maximum absolute atomic E-state index is 13.7. The van der Waals surface area contributed by atoms with Crippen molar-refractivity contribution in [2.75, 3.05) is 47.6 Å². The minimum atomic E-state index is -0.327. The molecule has 0 bridgehead atoms. The van der Waals surface area contributed by atoms with Gasteiger partial charge in [0.1, 0.15) is 11.4 Å². The largest absolute Gasteiger partial charge is 0.496 e. The summed E-state index contributed by atoms with van der Waals surface area (Å²) in [5, 5.41) is 0. The van der Waals surface area contributed by atoms with E-state index in [1.807, 2.05) is 61.2 Å². The smallest absolute Gasteiger partial charge is 0.278 e. The molecule has 2 aromatic rings. The highest BCUT2D eigenvalue weighted by Gasteiger charge is 2.41. The standard InChI is InChI=1S/C26H32N2O5/c1-18-10-11-20(16-19(18)2)23-24(27(12-14-31-3)13-15-32-4)26(30)28(25(23)29)17-21-8-6-7-9-22(21)33-5/h6-11,16H,12-15,17H2,1-5H3. The molecular formula is C26H32N2O5. The van der Waals surface area contributed by atoms with E-state index >= 15 is 0 Å². The van der Waals surface area contributed by atoms with Crippen LogP contribution in [0.15, 0.2) is 48.2 Å². The summed E-state index contributed by atoms with van der Waals surface area (Å²) in [5.74, 6) is -0.00904. The van der Waals surface area contributed by atoms with E-state index in [9.17, 15) is 9.59 Å². The molecule has 0 spiro atoms. The first-order valence-corrected chi connectivity index (χ1v) is 11.0. The Bertz CT molecular complexity index is 1040. The minimum Gasteiger partial charge on any atom is -0.496 e. The summed E-state index contributed by atoms with van der Waals surface area (Å²) < 4.78 is 16.0. The molecule has 7 heteroatoms. The van der Waals surface area contributed by atoms with E-state index in [1.165, 1.54) is 4.90 Å². The Morgan fingerprint density at radius 1 is 0.848 bits per heavy atom. The number of carbonyl (C=O) groups is 2. The van der Waals surface area contributed by atoms with Crippen LogP contribution in [0.4, 0.5) is 0 Å². The second-order valence-electron chi connectivity index (χ2n) is 8.00. The predicted molar refractivity (Wildman–Crippen MR) is 127 cm³/mol. The summed E-state index contributed by atoms with van der Waals surface area (Å²) in [6.45, 7) is 5.91. The van der Waals surface area contributed by atoms with Crippen molar-refractivity contribution in [1.29, 1.82) is 0 Å². The number of ether oxygens (including phenoxy) is 3. The van der Waals surface area contributed by atoms with Crippen molar-refractivity contribution in [3.63, 3.8) is 0 Å². The van der Waals surface area contributed by atoms with Gasteiger partial charge in [-0.1, -0.05) is 36.4 Å². The molecule has 0 saturated carbocycles. The van der Waals surface area contributed by atoms with Gasteiger partial charge in [-0.05, 0) is 36.6 Å². The van der Waals surface area contributed by atoms with E-state index in [1.54, 1.807) is 21.3 Å². The second kappa shape index (κ2) is 11.1. The van der Waals surface area contributed by atoms with E-state index in [-0.39, 0.29) is 18.4 Å². The third-order valence-electron chi connectivity index (χ3n) is 5.91. The summed E-state index contributed by atoms with van der Waals surface area (Å²) in [7, 11) is 4.80. The molecule has 0 radical (unpaired) electrons. The molecule has 1 aliphatic heterocycles. The van der Waals surface area contributed by atoms with Gasteiger partial charge in [-0.15, -0.1) is 0 Å². The molecule has 2 aromatic carbocycles. The molecule has 7 nitrogen and oxygen atoms in total. The molecule has 1 heterocycles. The Labute approximate surface area is 195 Å². The lowest BCUT2D eigenvalue weighted by molar-refractivity contribution is -0.138. The fourth-order valence-electron chi connectivity index (χ4n) is 3.90. The van der Waals surface area contributed by atoms with Gasteiger partial charge in [0.15, 0.2) is 0 Å². The van der Waals surface area contributed by atoms with Crippen LogP contribution < -0.4 is 4.74 Å². The van der Waals surface area contributed by atoms with Crippen molar-refractivity contribution in [1.82, 2.24) is 9.80 Å². The fraction of sp³-hybridized carbons (Fsp3) is 0.385. The van der Waals surface area contributed by atoms with Crippen LogP contribution in [-0.2, 0) is 25.6 Å². The maximum Gasteiger partial charge on any atom is 0.278 e. The average molecular weight is 453 g/mol. The first-order chi connectivity index (χ1) is 15.9. The third-order valence-corrected chi connectivity index (χ3v) is 5.91. The van der Waals surface area contributed by atoms with Crippen LogP contribution in [0.1, 0.15) is 22.3 Å². The van der Waals surface area contributed by atoms with Crippen molar-refractivity contribution in [3.05, 3.63) is 70.4 Å². The summed E-state index contributed by atoms with van der Waals surface area (Å²) in [5.41, 5.74) is 4.47.